The third-order valence-electron chi connectivity index (χ3n) is 2.93. The fraction of sp³-hybridized carbons (Fsp3) is 0.500. The minimum Gasteiger partial charge on any atom is -0.355 e. The van der Waals surface area contributed by atoms with E-state index < -0.39 is 5.56 Å². The summed E-state index contributed by atoms with van der Waals surface area (Å²) in [6.45, 7) is 5.69. The molecular weight excluding hydrogens is 244 g/mol. The van der Waals surface area contributed by atoms with E-state index in [0.717, 1.165) is 12.8 Å². The van der Waals surface area contributed by atoms with Crippen molar-refractivity contribution < 1.29 is 9.59 Å². The number of hydrogen-bond donors (Lipinski definition) is 1. The van der Waals surface area contributed by atoms with Crippen LogP contribution in [0.25, 0.3) is 0 Å². The molecule has 5 heteroatoms. The van der Waals surface area contributed by atoms with Crippen LogP contribution in [-0.2, 0) is 11.3 Å². The number of unbranched alkanes of at least 4 members (excludes halogenated alkanes) is 1. The number of aromatic nitrogens is 1. The van der Waals surface area contributed by atoms with Crippen LogP contribution in [0.3, 0.4) is 0 Å². The Labute approximate surface area is 112 Å². The summed E-state index contributed by atoms with van der Waals surface area (Å²) >= 11 is 0. The molecule has 0 atom stereocenters. The third kappa shape index (κ3) is 4.05. The van der Waals surface area contributed by atoms with Gasteiger partial charge in [0.1, 0.15) is 6.54 Å². The predicted molar refractivity (Wildman–Crippen MR) is 73.4 cm³/mol. The molecule has 0 aliphatic rings. The molecule has 0 aliphatic heterocycles. The van der Waals surface area contributed by atoms with Gasteiger partial charge >= 0.3 is 0 Å². The topological polar surface area (TPSA) is 68.2 Å². The Hall–Kier alpha value is -1.91. The summed E-state index contributed by atoms with van der Waals surface area (Å²) in [5.41, 5.74) is 0.380. The molecule has 1 heterocycles. The van der Waals surface area contributed by atoms with Crippen molar-refractivity contribution in [2.75, 3.05) is 6.54 Å². The van der Waals surface area contributed by atoms with Crippen LogP contribution in [0, 0.1) is 6.92 Å². The summed E-state index contributed by atoms with van der Waals surface area (Å²) in [4.78, 5) is 35.1. The van der Waals surface area contributed by atoms with Crippen molar-refractivity contribution in [3.05, 3.63) is 33.7 Å². The Bertz CT molecular complexity index is 532. The SMILES string of the molecule is CCCCNC(=O)Cn1c(C)ccc(C(C)=O)c1=O. The van der Waals surface area contributed by atoms with Gasteiger partial charge in [-0.3, -0.25) is 14.4 Å². The number of ketones is 1. The lowest BCUT2D eigenvalue weighted by Gasteiger charge is -2.11. The van der Waals surface area contributed by atoms with E-state index in [0.29, 0.717) is 12.2 Å². The van der Waals surface area contributed by atoms with Crippen molar-refractivity contribution in [1.29, 1.82) is 0 Å². The second kappa shape index (κ2) is 6.87. The highest BCUT2D eigenvalue weighted by atomic mass is 16.2. The number of nitrogens with zero attached hydrogens (tertiary/aromatic N) is 1. The van der Waals surface area contributed by atoms with Gasteiger partial charge in [0.05, 0.1) is 5.56 Å². The first kappa shape index (κ1) is 15.1. The summed E-state index contributed by atoms with van der Waals surface area (Å²) in [6, 6.07) is 3.18. The number of pyridine rings is 1. The van der Waals surface area contributed by atoms with Gasteiger partial charge in [0, 0.05) is 12.2 Å². The van der Waals surface area contributed by atoms with Gasteiger partial charge in [-0.15, -0.1) is 0 Å². The molecule has 5 nitrogen and oxygen atoms in total. The summed E-state index contributed by atoms with van der Waals surface area (Å²) in [6.07, 6.45) is 1.91. The second-order valence-electron chi connectivity index (χ2n) is 4.54. The average Bonchev–Trinajstić information content (AvgIpc) is 2.34. The number of hydrogen-bond acceptors (Lipinski definition) is 3. The highest BCUT2D eigenvalue weighted by Crippen LogP contribution is 1.99. The molecule has 0 aliphatic carbocycles. The van der Waals surface area contributed by atoms with E-state index in [1.807, 2.05) is 6.92 Å². The van der Waals surface area contributed by atoms with E-state index in [1.54, 1.807) is 13.0 Å². The second-order valence-corrected chi connectivity index (χ2v) is 4.54. The van der Waals surface area contributed by atoms with E-state index in [4.69, 9.17) is 0 Å². The van der Waals surface area contributed by atoms with Gasteiger partial charge in [0.2, 0.25) is 5.91 Å². The summed E-state index contributed by atoms with van der Waals surface area (Å²) in [7, 11) is 0. The maximum atomic E-state index is 12.1. The lowest BCUT2D eigenvalue weighted by Crippen LogP contribution is -2.35. The molecule has 1 aromatic heterocycles. The zero-order valence-electron chi connectivity index (χ0n) is 11.7. The molecular formula is C14H20N2O3. The fourth-order valence-electron chi connectivity index (χ4n) is 1.74. The molecule has 0 saturated carbocycles. The van der Waals surface area contributed by atoms with Gasteiger partial charge in [-0.2, -0.15) is 0 Å². The smallest absolute Gasteiger partial charge is 0.262 e. The van der Waals surface area contributed by atoms with Crippen LogP contribution in [0.4, 0.5) is 0 Å². The largest absolute Gasteiger partial charge is 0.355 e. The van der Waals surface area contributed by atoms with Gasteiger partial charge in [-0.1, -0.05) is 13.3 Å². The Morgan fingerprint density at radius 3 is 2.58 bits per heavy atom. The lowest BCUT2D eigenvalue weighted by atomic mass is 10.2. The number of nitrogens with one attached hydrogen (secondary N) is 1. The maximum absolute atomic E-state index is 12.1. The lowest BCUT2D eigenvalue weighted by molar-refractivity contribution is -0.121. The van der Waals surface area contributed by atoms with Gasteiger partial charge in [-0.25, -0.2) is 0 Å². The zero-order chi connectivity index (χ0) is 14.4. The average molecular weight is 264 g/mol. The Morgan fingerprint density at radius 1 is 1.32 bits per heavy atom. The van der Waals surface area contributed by atoms with E-state index in [9.17, 15) is 14.4 Å². The first-order valence-corrected chi connectivity index (χ1v) is 6.45. The van der Waals surface area contributed by atoms with Crippen LogP contribution in [0.15, 0.2) is 16.9 Å². The van der Waals surface area contributed by atoms with Crippen molar-refractivity contribution in [3.8, 4) is 0 Å². The highest BCUT2D eigenvalue weighted by Gasteiger charge is 2.12. The number of aryl methyl sites for hydroxylation is 1. The van der Waals surface area contributed by atoms with Crippen LogP contribution >= 0.6 is 0 Å². The van der Waals surface area contributed by atoms with E-state index in [1.165, 1.54) is 17.6 Å². The fourth-order valence-corrected chi connectivity index (χ4v) is 1.74. The molecule has 0 saturated heterocycles. The molecule has 0 aromatic carbocycles. The molecule has 0 radical (unpaired) electrons. The highest BCUT2D eigenvalue weighted by molar-refractivity contribution is 5.93. The standard InChI is InChI=1S/C14H20N2O3/c1-4-5-8-15-13(18)9-16-10(2)6-7-12(11(3)17)14(16)19/h6-7H,4-5,8-9H2,1-3H3,(H,15,18). The van der Waals surface area contributed by atoms with Crippen LogP contribution in [0.2, 0.25) is 0 Å². The third-order valence-corrected chi connectivity index (χ3v) is 2.93. The van der Waals surface area contributed by atoms with Gasteiger partial charge in [-0.05, 0) is 32.4 Å². The monoisotopic (exact) mass is 264 g/mol. The van der Waals surface area contributed by atoms with Crippen molar-refractivity contribution >= 4 is 11.7 Å². The summed E-state index contributed by atoms with van der Waals surface area (Å²) in [5.74, 6) is -0.496. The number of carbonyl (C=O) groups is 2. The van der Waals surface area contributed by atoms with Gasteiger partial charge < -0.3 is 9.88 Å². The molecule has 0 fully saturated rings. The van der Waals surface area contributed by atoms with E-state index in [-0.39, 0.29) is 23.8 Å². The quantitative estimate of drug-likeness (QED) is 0.621. The van der Waals surface area contributed by atoms with Crippen LogP contribution in [0.5, 0.6) is 0 Å². The Morgan fingerprint density at radius 2 is 2.00 bits per heavy atom. The van der Waals surface area contributed by atoms with Crippen LogP contribution < -0.4 is 10.9 Å². The van der Waals surface area contributed by atoms with Crippen molar-refractivity contribution in [1.82, 2.24) is 9.88 Å². The number of amides is 1. The number of carbonyl (C=O) groups excluding carboxylic acids is 2. The minimum absolute atomic E-state index is 0.0461. The minimum atomic E-state index is -0.404. The van der Waals surface area contributed by atoms with E-state index in [2.05, 4.69) is 5.32 Å². The molecule has 1 amide bonds. The maximum Gasteiger partial charge on any atom is 0.262 e. The molecule has 0 unspecified atom stereocenters. The molecule has 1 aromatic rings. The molecule has 1 N–H and O–H groups in total. The summed E-state index contributed by atoms with van der Waals surface area (Å²) < 4.78 is 1.33. The Balaban J connectivity index is 2.89. The Kier molecular flexibility index (Phi) is 5.48. The normalized spacial score (nSPS) is 10.3. The molecule has 0 bridgehead atoms. The van der Waals surface area contributed by atoms with Crippen molar-refractivity contribution in [3.63, 3.8) is 0 Å². The molecule has 19 heavy (non-hydrogen) atoms. The number of Topliss-reactive ketones (excluding diaryl/α,β-unsaturated/α-hetero) is 1. The molecule has 104 valence electrons. The molecule has 1 rings (SSSR count). The van der Waals surface area contributed by atoms with Gasteiger partial charge in [0.25, 0.3) is 5.56 Å². The summed E-state index contributed by atoms with van der Waals surface area (Å²) in [5, 5.41) is 2.75. The van der Waals surface area contributed by atoms with Crippen molar-refractivity contribution in [2.45, 2.75) is 40.2 Å². The van der Waals surface area contributed by atoms with Crippen LogP contribution in [-0.4, -0.2) is 22.8 Å². The first-order chi connectivity index (χ1) is 8.97. The van der Waals surface area contributed by atoms with Crippen molar-refractivity contribution in [2.24, 2.45) is 0 Å². The zero-order valence-corrected chi connectivity index (χ0v) is 11.7. The number of rotatable bonds is 6. The van der Waals surface area contributed by atoms with E-state index >= 15 is 0 Å². The molecule has 0 spiro atoms. The van der Waals surface area contributed by atoms with Gasteiger partial charge in [0.15, 0.2) is 5.78 Å². The first-order valence-electron chi connectivity index (χ1n) is 6.45. The van der Waals surface area contributed by atoms with Crippen LogP contribution in [0.1, 0.15) is 42.7 Å². The predicted octanol–water partition coefficient (Wildman–Crippen LogP) is 1.28.